The first-order valence-corrected chi connectivity index (χ1v) is 7.03. The van der Waals surface area contributed by atoms with Gasteiger partial charge in [0.05, 0.1) is 18.6 Å². The Bertz CT molecular complexity index is 368. The lowest BCUT2D eigenvalue weighted by atomic mass is 9.73. The van der Waals surface area contributed by atoms with E-state index in [0.717, 1.165) is 13.2 Å². The molecule has 0 spiro atoms. The third-order valence-electron chi connectivity index (χ3n) is 3.39. The zero-order valence-corrected chi connectivity index (χ0v) is 11.6. The predicted octanol–water partition coefficient (Wildman–Crippen LogP) is 2.80. The lowest BCUT2D eigenvalue weighted by molar-refractivity contribution is -0.0701. The fourth-order valence-corrected chi connectivity index (χ4v) is 2.99. The van der Waals surface area contributed by atoms with Crippen LogP contribution in [0.1, 0.15) is 26.3 Å². The predicted molar refractivity (Wildman–Crippen MR) is 73.6 cm³/mol. The van der Waals surface area contributed by atoms with Crippen molar-refractivity contribution in [2.24, 2.45) is 5.73 Å². The van der Waals surface area contributed by atoms with Gasteiger partial charge in [-0.05, 0) is 24.6 Å². The second-order valence-corrected chi connectivity index (χ2v) is 6.78. The summed E-state index contributed by atoms with van der Waals surface area (Å²) >= 11 is 1.89. The van der Waals surface area contributed by atoms with Gasteiger partial charge in [-0.3, -0.25) is 0 Å². The SMILES string of the molecule is CC(C)Sc1ccc(C2(C(C)N)COC2)cc1. The van der Waals surface area contributed by atoms with Crippen LogP contribution in [0.25, 0.3) is 0 Å². The quantitative estimate of drug-likeness (QED) is 0.836. The molecule has 2 rings (SSSR count). The number of hydrogen-bond donors (Lipinski definition) is 1. The van der Waals surface area contributed by atoms with E-state index in [-0.39, 0.29) is 11.5 Å². The molecule has 1 aromatic carbocycles. The van der Waals surface area contributed by atoms with E-state index in [1.165, 1.54) is 10.5 Å². The van der Waals surface area contributed by atoms with Crippen LogP contribution in [-0.2, 0) is 10.2 Å². The summed E-state index contributed by atoms with van der Waals surface area (Å²) in [5.74, 6) is 0. The maximum absolute atomic E-state index is 6.10. The molecule has 17 heavy (non-hydrogen) atoms. The molecule has 0 aliphatic carbocycles. The normalized spacial score (nSPS) is 20.1. The van der Waals surface area contributed by atoms with E-state index in [4.69, 9.17) is 10.5 Å². The van der Waals surface area contributed by atoms with E-state index in [2.05, 4.69) is 45.0 Å². The fourth-order valence-electron chi connectivity index (χ4n) is 2.15. The van der Waals surface area contributed by atoms with Gasteiger partial charge in [-0.15, -0.1) is 11.8 Å². The highest BCUT2D eigenvalue weighted by Crippen LogP contribution is 2.36. The van der Waals surface area contributed by atoms with Gasteiger partial charge in [-0.25, -0.2) is 0 Å². The molecule has 94 valence electrons. The number of hydrogen-bond acceptors (Lipinski definition) is 3. The van der Waals surface area contributed by atoms with Crippen LogP contribution in [0.4, 0.5) is 0 Å². The Morgan fingerprint density at radius 2 is 1.76 bits per heavy atom. The standard InChI is InChI=1S/C14H21NOS/c1-10(2)17-13-6-4-12(5-7-13)14(11(3)15)8-16-9-14/h4-7,10-11H,8-9,15H2,1-3H3. The van der Waals surface area contributed by atoms with Crippen LogP contribution in [-0.4, -0.2) is 24.5 Å². The summed E-state index contributed by atoms with van der Waals surface area (Å²) in [6, 6.07) is 8.94. The first-order valence-electron chi connectivity index (χ1n) is 6.15. The van der Waals surface area contributed by atoms with Crippen molar-refractivity contribution in [2.45, 2.75) is 42.4 Å². The minimum absolute atomic E-state index is 0.0427. The Hall–Kier alpha value is -0.510. The van der Waals surface area contributed by atoms with E-state index in [0.29, 0.717) is 5.25 Å². The number of ether oxygens (including phenoxy) is 1. The molecule has 2 nitrogen and oxygen atoms in total. The number of benzene rings is 1. The van der Waals surface area contributed by atoms with E-state index >= 15 is 0 Å². The lowest BCUT2D eigenvalue weighted by Gasteiger charge is -2.45. The van der Waals surface area contributed by atoms with Crippen molar-refractivity contribution in [2.75, 3.05) is 13.2 Å². The van der Waals surface area contributed by atoms with Crippen LogP contribution in [0.5, 0.6) is 0 Å². The Balaban J connectivity index is 2.17. The molecule has 1 atom stereocenters. The summed E-state index contributed by atoms with van der Waals surface area (Å²) in [4.78, 5) is 1.32. The van der Waals surface area contributed by atoms with Crippen LogP contribution in [0, 0.1) is 0 Å². The van der Waals surface area contributed by atoms with Crippen molar-refractivity contribution in [1.29, 1.82) is 0 Å². The third kappa shape index (κ3) is 2.51. The minimum atomic E-state index is 0.0427. The second-order valence-electron chi connectivity index (χ2n) is 5.13. The van der Waals surface area contributed by atoms with Gasteiger partial charge in [0.2, 0.25) is 0 Å². The summed E-state index contributed by atoms with van der Waals surface area (Å²) in [7, 11) is 0. The maximum Gasteiger partial charge on any atom is 0.0600 e. The monoisotopic (exact) mass is 251 g/mol. The fraction of sp³-hybridized carbons (Fsp3) is 0.571. The van der Waals surface area contributed by atoms with Gasteiger partial charge < -0.3 is 10.5 Å². The van der Waals surface area contributed by atoms with Crippen LogP contribution in [0.15, 0.2) is 29.2 Å². The Labute approximate surface area is 108 Å². The summed E-state index contributed by atoms with van der Waals surface area (Å²) < 4.78 is 5.36. The van der Waals surface area contributed by atoms with Gasteiger partial charge in [-0.1, -0.05) is 26.0 Å². The number of rotatable bonds is 4. The molecule has 0 bridgehead atoms. The molecule has 0 saturated carbocycles. The topological polar surface area (TPSA) is 35.2 Å². The molecule has 1 saturated heterocycles. The maximum atomic E-state index is 6.10. The molecule has 1 heterocycles. The molecule has 3 heteroatoms. The van der Waals surface area contributed by atoms with Gasteiger partial charge in [-0.2, -0.15) is 0 Å². The van der Waals surface area contributed by atoms with Crippen LogP contribution in [0.3, 0.4) is 0 Å². The summed E-state index contributed by atoms with van der Waals surface area (Å²) in [5.41, 5.74) is 7.45. The smallest absolute Gasteiger partial charge is 0.0600 e. The summed E-state index contributed by atoms with van der Waals surface area (Å²) in [5, 5.41) is 0.621. The largest absolute Gasteiger partial charge is 0.379 e. The highest BCUT2D eigenvalue weighted by Gasteiger charge is 2.43. The minimum Gasteiger partial charge on any atom is -0.379 e. The van der Waals surface area contributed by atoms with Crippen molar-refractivity contribution in [1.82, 2.24) is 0 Å². The van der Waals surface area contributed by atoms with E-state index < -0.39 is 0 Å². The molecule has 1 aromatic rings. The molecular weight excluding hydrogens is 230 g/mol. The average molecular weight is 251 g/mol. The van der Waals surface area contributed by atoms with Crippen LogP contribution in [0.2, 0.25) is 0 Å². The van der Waals surface area contributed by atoms with Crippen LogP contribution >= 0.6 is 11.8 Å². The molecule has 0 radical (unpaired) electrons. The average Bonchev–Trinajstić information content (AvgIpc) is 2.17. The number of nitrogens with two attached hydrogens (primary N) is 1. The first-order chi connectivity index (χ1) is 8.04. The highest BCUT2D eigenvalue weighted by atomic mass is 32.2. The van der Waals surface area contributed by atoms with E-state index in [9.17, 15) is 0 Å². The zero-order chi connectivity index (χ0) is 12.5. The molecule has 2 N–H and O–H groups in total. The van der Waals surface area contributed by atoms with Gasteiger partial charge in [0.1, 0.15) is 0 Å². The number of thioether (sulfide) groups is 1. The molecule has 0 aromatic heterocycles. The van der Waals surface area contributed by atoms with Gasteiger partial charge in [0.25, 0.3) is 0 Å². The third-order valence-corrected chi connectivity index (χ3v) is 4.41. The van der Waals surface area contributed by atoms with Crippen molar-refractivity contribution in [3.05, 3.63) is 29.8 Å². The molecule has 1 aliphatic rings. The van der Waals surface area contributed by atoms with Gasteiger partial charge >= 0.3 is 0 Å². The zero-order valence-electron chi connectivity index (χ0n) is 10.8. The van der Waals surface area contributed by atoms with Crippen molar-refractivity contribution in [3.63, 3.8) is 0 Å². The first kappa shape index (κ1) is 12.9. The van der Waals surface area contributed by atoms with Crippen molar-refractivity contribution in [3.8, 4) is 0 Å². The molecule has 0 amide bonds. The van der Waals surface area contributed by atoms with E-state index in [1.54, 1.807) is 0 Å². The van der Waals surface area contributed by atoms with Crippen LogP contribution < -0.4 is 5.73 Å². The van der Waals surface area contributed by atoms with E-state index in [1.807, 2.05) is 11.8 Å². The molecule has 1 aliphatic heterocycles. The Morgan fingerprint density at radius 3 is 2.12 bits per heavy atom. The second kappa shape index (κ2) is 5.01. The lowest BCUT2D eigenvalue weighted by Crippen LogP contribution is -2.57. The molecule has 1 unspecified atom stereocenters. The van der Waals surface area contributed by atoms with Gasteiger partial charge in [0.15, 0.2) is 0 Å². The van der Waals surface area contributed by atoms with Gasteiger partial charge in [0, 0.05) is 16.2 Å². The summed E-state index contributed by atoms with van der Waals surface area (Å²) in [6.07, 6.45) is 0. The highest BCUT2D eigenvalue weighted by molar-refractivity contribution is 7.99. The Kier molecular flexibility index (Phi) is 3.81. The molecule has 1 fully saturated rings. The summed E-state index contributed by atoms with van der Waals surface area (Å²) in [6.45, 7) is 7.99. The molecular formula is C14H21NOS. The van der Waals surface area contributed by atoms with Crippen molar-refractivity contribution < 1.29 is 4.74 Å². The van der Waals surface area contributed by atoms with Crippen molar-refractivity contribution >= 4 is 11.8 Å². The Morgan fingerprint density at radius 1 is 1.18 bits per heavy atom.